The molecule has 0 N–H and O–H groups in total. The van der Waals surface area contributed by atoms with E-state index in [0.717, 1.165) is 0 Å². The Kier molecular flexibility index (Phi) is 4.32. The fourth-order valence-corrected chi connectivity index (χ4v) is 1.24. The number of rotatable bonds is 4. The third kappa shape index (κ3) is 4.23. The average Bonchev–Trinajstić information content (AvgIpc) is 2.00. The van der Waals surface area contributed by atoms with Gasteiger partial charge in [0.2, 0.25) is 0 Å². The lowest BCUT2D eigenvalue weighted by atomic mass is 9.81. The highest BCUT2D eigenvalue weighted by molar-refractivity contribution is 5.82. The van der Waals surface area contributed by atoms with Crippen molar-refractivity contribution in [2.24, 2.45) is 11.3 Å². The van der Waals surface area contributed by atoms with Gasteiger partial charge in [-0.25, -0.2) is 0 Å². The molecule has 0 saturated heterocycles. The summed E-state index contributed by atoms with van der Waals surface area (Å²) in [7, 11) is 1.65. The second-order valence-electron chi connectivity index (χ2n) is 5.73. The summed E-state index contributed by atoms with van der Waals surface area (Å²) in [6.45, 7) is 12.1. The van der Waals surface area contributed by atoms with Gasteiger partial charge >= 0.3 is 0 Å². The van der Waals surface area contributed by atoms with Gasteiger partial charge in [0, 0.05) is 19.4 Å². The molecule has 0 heterocycles. The van der Waals surface area contributed by atoms with E-state index in [-0.39, 0.29) is 22.7 Å². The van der Waals surface area contributed by atoms with Crippen LogP contribution in [0.3, 0.4) is 0 Å². The fourth-order valence-electron chi connectivity index (χ4n) is 1.24. The SMILES string of the molecule is COC(C)(C)C(C)C(=O)CC(C)(C)C. The summed E-state index contributed by atoms with van der Waals surface area (Å²) in [5.41, 5.74) is -0.294. The molecule has 0 fully saturated rings. The highest BCUT2D eigenvalue weighted by Crippen LogP contribution is 2.27. The fraction of sp³-hybridized carbons (Fsp3) is 0.917. The van der Waals surface area contributed by atoms with E-state index in [1.807, 2.05) is 20.8 Å². The lowest BCUT2D eigenvalue weighted by Gasteiger charge is -2.31. The predicted molar refractivity (Wildman–Crippen MR) is 59.3 cm³/mol. The van der Waals surface area contributed by atoms with Crippen molar-refractivity contribution in [1.82, 2.24) is 0 Å². The summed E-state index contributed by atoms with van der Waals surface area (Å²) in [5, 5.41) is 0. The van der Waals surface area contributed by atoms with Crippen molar-refractivity contribution in [3.05, 3.63) is 0 Å². The molecule has 0 rings (SSSR count). The Balaban J connectivity index is 4.41. The number of ether oxygens (including phenoxy) is 1. The first-order valence-electron chi connectivity index (χ1n) is 5.18. The minimum atomic E-state index is -0.359. The number of carbonyl (C=O) groups is 1. The number of hydrogen-bond acceptors (Lipinski definition) is 2. The van der Waals surface area contributed by atoms with E-state index < -0.39 is 0 Å². The second kappa shape index (κ2) is 4.43. The monoisotopic (exact) mass is 200 g/mol. The largest absolute Gasteiger partial charge is 0.378 e. The van der Waals surface area contributed by atoms with Crippen molar-refractivity contribution in [2.45, 2.75) is 53.6 Å². The highest BCUT2D eigenvalue weighted by atomic mass is 16.5. The van der Waals surface area contributed by atoms with E-state index in [1.165, 1.54) is 0 Å². The van der Waals surface area contributed by atoms with Crippen molar-refractivity contribution >= 4 is 5.78 Å². The van der Waals surface area contributed by atoms with E-state index in [1.54, 1.807) is 7.11 Å². The lowest BCUT2D eigenvalue weighted by molar-refractivity contribution is -0.133. The van der Waals surface area contributed by atoms with Crippen LogP contribution in [0.15, 0.2) is 0 Å². The first-order valence-corrected chi connectivity index (χ1v) is 5.18. The van der Waals surface area contributed by atoms with Gasteiger partial charge in [-0.2, -0.15) is 0 Å². The van der Waals surface area contributed by atoms with Crippen molar-refractivity contribution in [3.63, 3.8) is 0 Å². The summed E-state index contributed by atoms with van der Waals surface area (Å²) >= 11 is 0. The standard InChI is InChI=1S/C12H24O2/c1-9(12(5,6)14-7)10(13)8-11(2,3)4/h9H,8H2,1-7H3. The number of Topliss-reactive ketones (excluding diaryl/α,β-unsaturated/α-hetero) is 1. The summed E-state index contributed by atoms with van der Waals surface area (Å²) in [6, 6.07) is 0. The van der Waals surface area contributed by atoms with Gasteiger partial charge < -0.3 is 4.74 Å². The lowest BCUT2D eigenvalue weighted by Crippen LogP contribution is -2.37. The molecule has 0 aliphatic rings. The summed E-state index contributed by atoms with van der Waals surface area (Å²) in [4.78, 5) is 11.9. The van der Waals surface area contributed by atoms with Crippen LogP contribution >= 0.6 is 0 Å². The third-order valence-electron chi connectivity index (χ3n) is 2.76. The Labute approximate surface area is 88.0 Å². The number of hydrogen-bond donors (Lipinski definition) is 0. The van der Waals surface area contributed by atoms with Crippen LogP contribution in [-0.2, 0) is 9.53 Å². The number of ketones is 1. The van der Waals surface area contributed by atoms with Gasteiger partial charge in [0.1, 0.15) is 5.78 Å². The molecule has 0 aliphatic heterocycles. The quantitative estimate of drug-likeness (QED) is 0.697. The van der Waals surface area contributed by atoms with Crippen LogP contribution in [0.1, 0.15) is 48.0 Å². The minimum Gasteiger partial charge on any atom is -0.378 e. The van der Waals surface area contributed by atoms with E-state index in [9.17, 15) is 4.79 Å². The van der Waals surface area contributed by atoms with Gasteiger partial charge in [-0.15, -0.1) is 0 Å². The van der Waals surface area contributed by atoms with E-state index in [0.29, 0.717) is 6.42 Å². The summed E-state index contributed by atoms with van der Waals surface area (Å²) in [6.07, 6.45) is 0.612. The molecule has 0 aliphatic carbocycles. The van der Waals surface area contributed by atoms with Crippen LogP contribution in [0.5, 0.6) is 0 Å². The molecule has 1 atom stereocenters. The van der Waals surface area contributed by atoms with Gasteiger partial charge in [-0.1, -0.05) is 27.7 Å². The molecule has 0 saturated carbocycles. The second-order valence-corrected chi connectivity index (χ2v) is 5.73. The van der Waals surface area contributed by atoms with Crippen LogP contribution in [0, 0.1) is 11.3 Å². The molecule has 2 heteroatoms. The van der Waals surface area contributed by atoms with Crippen molar-refractivity contribution in [3.8, 4) is 0 Å². The predicted octanol–water partition coefficient (Wildman–Crippen LogP) is 3.05. The zero-order valence-electron chi connectivity index (χ0n) is 10.6. The molecule has 84 valence electrons. The molecule has 0 radical (unpaired) electrons. The molecule has 0 amide bonds. The van der Waals surface area contributed by atoms with Crippen molar-refractivity contribution < 1.29 is 9.53 Å². The van der Waals surface area contributed by atoms with Crippen molar-refractivity contribution in [2.75, 3.05) is 7.11 Å². The molecular formula is C12H24O2. The molecule has 14 heavy (non-hydrogen) atoms. The summed E-state index contributed by atoms with van der Waals surface area (Å²) in [5.74, 6) is 0.232. The summed E-state index contributed by atoms with van der Waals surface area (Å²) < 4.78 is 5.31. The third-order valence-corrected chi connectivity index (χ3v) is 2.76. The van der Waals surface area contributed by atoms with Crippen molar-refractivity contribution in [1.29, 1.82) is 0 Å². The van der Waals surface area contributed by atoms with Gasteiger partial charge in [-0.3, -0.25) is 4.79 Å². The van der Waals surface area contributed by atoms with E-state index >= 15 is 0 Å². The maximum absolute atomic E-state index is 11.9. The highest BCUT2D eigenvalue weighted by Gasteiger charge is 2.32. The zero-order valence-corrected chi connectivity index (χ0v) is 10.6. The Morgan fingerprint density at radius 1 is 1.21 bits per heavy atom. The van der Waals surface area contributed by atoms with Crippen LogP contribution in [-0.4, -0.2) is 18.5 Å². The molecule has 0 aromatic rings. The Morgan fingerprint density at radius 2 is 1.64 bits per heavy atom. The smallest absolute Gasteiger partial charge is 0.139 e. The average molecular weight is 200 g/mol. The minimum absolute atomic E-state index is 0.0493. The van der Waals surface area contributed by atoms with Crippen LogP contribution in [0.2, 0.25) is 0 Å². The van der Waals surface area contributed by atoms with E-state index in [4.69, 9.17) is 4.74 Å². The van der Waals surface area contributed by atoms with Gasteiger partial charge in [0.25, 0.3) is 0 Å². The molecule has 1 unspecified atom stereocenters. The van der Waals surface area contributed by atoms with E-state index in [2.05, 4.69) is 20.8 Å². The normalized spacial score (nSPS) is 15.4. The number of methoxy groups -OCH3 is 1. The van der Waals surface area contributed by atoms with Crippen LogP contribution in [0.4, 0.5) is 0 Å². The van der Waals surface area contributed by atoms with Gasteiger partial charge in [0.05, 0.1) is 5.60 Å². The maximum atomic E-state index is 11.9. The molecule has 0 aromatic heterocycles. The topological polar surface area (TPSA) is 26.3 Å². The first kappa shape index (κ1) is 13.6. The zero-order chi connectivity index (χ0) is 11.6. The van der Waals surface area contributed by atoms with Crippen LogP contribution < -0.4 is 0 Å². The van der Waals surface area contributed by atoms with Crippen LogP contribution in [0.25, 0.3) is 0 Å². The Bertz CT molecular complexity index is 199. The Morgan fingerprint density at radius 3 is 1.93 bits per heavy atom. The molecule has 0 aromatic carbocycles. The molecule has 0 bridgehead atoms. The maximum Gasteiger partial charge on any atom is 0.139 e. The first-order chi connectivity index (χ1) is 6.10. The van der Waals surface area contributed by atoms with Gasteiger partial charge in [-0.05, 0) is 19.3 Å². The molecular weight excluding hydrogens is 176 g/mol. The Hall–Kier alpha value is -0.370. The van der Waals surface area contributed by atoms with Gasteiger partial charge in [0.15, 0.2) is 0 Å². The number of carbonyl (C=O) groups excluding carboxylic acids is 1. The molecule has 2 nitrogen and oxygen atoms in total. The molecule has 0 spiro atoms.